The van der Waals surface area contributed by atoms with Crippen LogP contribution < -0.4 is 0 Å². The fourth-order valence-corrected chi connectivity index (χ4v) is 15.1. The number of aliphatic hydroxyl groups is 13. The summed E-state index contributed by atoms with van der Waals surface area (Å²) in [5.74, 6) is -1.02. The van der Waals surface area contributed by atoms with Crippen LogP contribution in [0.4, 0.5) is 0 Å². The lowest BCUT2D eigenvalue weighted by Gasteiger charge is -2.71. The molecular formula is C48H82O19. The Bertz CT molecular complexity index is 1710. The molecular weight excluding hydrogens is 881 g/mol. The largest absolute Gasteiger partial charge is 0.394 e. The molecule has 0 aromatic carbocycles. The maximum atomic E-state index is 12.7. The molecule has 3 heterocycles. The Kier molecular flexibility index (Phi) is 15.9. The van der Waals surface area contributed by atoms with Gasteiger partial charge in [0.1, 0.15) is 73.2 Å². The van der Waals surface area contributed by atoms with Gasteiger partial charge in [0.25, 0.3) is 0 Å². The van der Waals surface area contributed by atoms with E-state index in [1.54, 1.807) is 0 Å². The molecule has 3 unspecified atom stereocenters. The second kappa shape index (κ2) is 19.8. The van der Waals surface area contributed by atoms with E-state index in [0.717, 1.165) is 5.57 Å². The summed E-state index contributed by atoms with van der Waals surface area (Å²) in [5, 5.41) is 142. The second-order valence-corrected chi connectivity index (χ2v) is 23.1. The molecule has 19 heteroatoms. The molecule has 67 heavy (non-hydrogen) atoms. The van der Waals surface area contributed by atoms with Crippen LogP contribution in [0.15, 0.2) is 11.6 Å². The maximum Gasteiger partial charge on any atom is 0.187 e. The first-order chi connectivity index (χ1) is 31.3. The van der Waals surface area contributed by atoms with E-state index in [1.165, 1.54) is 0 Å². The zero-order valence-electron chi connectivity index (χ0n) is 40.3. The molecule has 7 rings (SSSR count). The fourth-order valence-electron chi connectivity index (χ4n) is 15.1. The molecule has 3 saturated heterocycles. The highest BCUT2D eigenvalue weighted by atomic mass is 16.8. The third kappa shape index (κ3) is 9.03. The third-order valence-electron chi connectivity index (χ3n) is 18.7. The molecule has 388 valence electrons. The molecule has 0 aromatic rings. The van der Waals surface area contributed by atoms with Crippen molar-refractivity contribution < 1.29 is 94.8 Å². The molecule has 4 saturated carbocycles. The highest BCUT2D eigenvalue weighted by Crippen LogP contribution is 2.76. The van der Waals surface area contributed by atoms with Crippen LogP contribution in [-0.4, -0.2) is 202 Å². The standard InChI is InChI=1S/C48H82O19/c1-21(2)10-9-13-48(8,67-42-38(61)35(58)32(55)26(19-50)63-42)22-11-15-46(6)30(22)23(52)16-28-45(5)14-12-29(44(3,4)40(45)24(53)17-47(28,46)7)65-43-39(36(59)33(56)27(20-51)64-43)66-41-37(60)34(57)31(54)25(18-49)62-41/h10,22-43,49-61H,9,11-20H2,1-8H3/t22?,23-,24+,25-,26-,27-,28-,29+,30?,31-,32-,33-,34+,35+,36+,37-,38-,39-,40?,41+,42+,43+,45-,46-,47-,48+/m1/s1. The highest BCUT2D eigenvalue weighted by Gasteiger charge is 2.74. The van der Waals surface area contributed by atoms with Gasteiger partial charge < -0.3 is 94.8 Å². The average Bonchev–Trinajstić information content (AvgIpc) is 3.65. The van der Waals surface area contributed by atoms with Gasteiger partial charge in [0, 0.05) is 0 Å². The van der Waals surface area contributed by atoms with Crippen molar-refractivity contribution in [2.45, 2.75) is 223 Å². The van der Waals surface area contributed by atoms with E-state index >= 15 is 0 Å². The van der Waals surface area contributed by atoms with Crippen molar-refractivity contribution in [3.63, 3.8) is 0 Å². The predicted octanol–water partition coefficient (Wildman–Crippen LogP) is -1.06. The maximum absolute atomic E-state index is 12.7. The Morgan fingerprint density at radius 2 is 1.16 bits per heavy atom. The first-order valence-electron chi connectivity index (χ1n) is 24.5. The zero-order chi connectivity index (χ0) is 49.5. The molecule has 4 aliphatic carbocycles. The number of aliphatic hydroxyl groups excluding tert-OH is 13. The van der Waals surface area contributed by atoms with E-state index in [-0.39, 0.29) is 23.7 Å². The summed E-state index contributed by atoms with van der Waals surface area (Å²) in [7, 11) is 0. The van der Waals surface area contributed by atoms with E-state index < -0.39 is 158 Å². The van der Waals surface area contributed by atoms with E-state index in [2.05, 4.69) is 26.8 Å². The molecule has 0 aromatic heterocycles. The third-order valence-corrected chi connectivity index (χ3v) is 18.7. The minimum atomic E-state index is -1.83. The van der Waals surface area contributed by atoms with Gasteiger partial charge in [-0.05, 0) is 117 Å². The van der Waals surface area contributed by atoms with Gasteiger partial charge in [-0.1, -0.05) is 46.3 Å². The monoisotopic (exact) mass is 963 g/mol. The van der Waals surface area contributed by atoms with Crippen LogP contribution in [-0.2, 0) is 28.4 Å². The van der Waals surface area contributed by atoms with Gasteiger partial charge in [0.05, 0.1) is 43.7 Å². The van der Waals surface area contributed by atoms with Crippen LogP contribution in [0.3, 0.4) is 0 Å². The predicted molar refractivity (Wildman–Crippen MR) is 235 cm³/mol. The van der Waals surface area contributed by atoms with Gasteiger partial charge in [-0.15, -0.1) is 0 Å². The topological polar surface area (TPSA) is 318 Å². The molecule has 7 aliphatic rings. The molecule has 13 N–H and O–H groups in total. The number of hydrogen-bond donors (Lipinski definition) is 13. The zero-order valence-corrected chi connectivity index (χ0v) is 40.3. The SMILES string of the molecule is CC(C)=CCC[C@](C)(O[C@@H]1O[C@H](CO)[C@@H](O)[C@H](O)[C@H]1O)C1CC[C@]2(C)C1[C@H](O)C[C@@H]1[C@@]3(C)CC[C@H](O[C@@H]4O[C@H](CO)[C@@H](O)[C@H](O)[C@H]4O[C@@H]4O[C@H](CO)[C@@H](O)[C@H](O)[C@H]4O)C(C)(C)C3[C@@H](O)C[C@]12C. The molecule has 0 radical (unpaired) electrons. The summed E-state index contributed by atoms with van der Waals surface area (Å²) in [6.07, 6.45) is -19.2. The van der Waals surface area contributed by atoms with Crippen molar-refractivity contribution in [3.8, 4) is 0 Å². The minimum Gasteiger partial charge on any atom is -0.394 e. The van der Waals surface area contributed by atoms with E-state index in [1.807, 2.05) is 34.6 Å². The lowest BCUT2D eigenvalue weighted by molar-refractivity contribution is -0.380. The summed E-state index contributed by atoms with van der Waals surface area (Å²) in [6.45, 7) is 14.6. The van der Waals surface area contributed by atoms with Crippen molar-refractivity contribution in [2.75, 3.05) is 19.8 Å². The number of hydrogen-bond acceptors (Lipinski definition) is 19. The first kappa shape index (κ1) is 53.8. The number of ether oxygens (including phenoxy) is 6. The van der Waals surface area contributed by atoms with Crippen LogP contribution in [0.2, 0.25) is 0 Å². The molecule has 0 amide bonds. The Labute approximate surface area is 393 Å². The summed E-state index contributed by atoms with van der Waals surface area (Å²) >= 11 is 0. The van der Waals surface area contributed by atoms with E-state index in [9.17, 15) is 66.4 Å². The molecule has 26 atom stereocenters. The molecule has 0 spiro atoms. The van der Waals surface area contributed by atoms with Crippen LogP contribution >= 0.6 is 0 Å². The van der Waals surface area contributed by atoms with Gasteiger partial charge in [0.2, 0.25) is 0 Å². The second-order valence-electron chi connectivity index (χ2n) is 23.1. The summed E-state index contributed by atoms with van der Waals surface area (Å²) in [4.78, 5) is 0. The van der Waals surface area contributed by atoms with Crippen molar-refractivity contribution in [2.24, 2.45) is 45.3 Å². The summed E-state index contributed by atoms with van der Waals surface area (Å²) in [5.41, 5.74) is -2.23. The Hall–Kier alpha value is -1.02. The Balaban J connectivity index is 1.15. The van der Waals surface area contributed by atoms with Gasteiger partial charge in [-0.25, -0.2) is 0 Å². The lowest BCUT2D eigenvalue weighted by Crippen LogP contribution is -2.70. The van der Waals surface area contributed by atoms with Gasteiger partial charge in [-0.3, -0.25) is 0 Å². The first-order valence-corrected chi connectivity index (χ1v) is 24.5. The molecule has 7 fully saturated rings. The minimum absolute atomic E-state index is 0.0733. The van der Waals surface area contributed by atoms with Crippen LogP contribution in [0.5, 0.6) is 0 Å². The number of fused-ring (bicyclic) bond motifs is 5. The fraction of sp³-hybridized carbons (Fsp3) is 0.958. The van der Waals surface area contributed by atoms with Crippen molar-refractivity contribution in [1.82, 2.24) is 0 Å². The lowest BCUT2D eigenvalue weighted by atomic mass is 9.34. The number of allylic oxidation sites excluding steroid dienone is 2. The average molecular weight is 963 g/mol. The normalized spacial score (nSPS) is 52.9. The van der Waals surface area contributed by atoms with Gasteiger partial charge in [0.15, 0.2) is 18.9 Å². The van der Waals surface area contributed by atoms with Crippen molar-refractivity contribution in [1.29, 1.82) is 0 Å². The van der Waals surface area contributed by atoms with Gasteiger partial charge in [-0.2, -0.15) is 0 Å². The highest BCUT2D eigenvalue weighted by molar-refractivity contribution is 5.22. The van der Waals surface area contributed by atoms with Crippen LogP contribution in [0.1, 0.15) is 107 Å². The van der Waals surface area contributed by atoms with Crippen molar-refractivity contribution >= 4 is 0 Å². The van der Waals surface area contributed by atoms with E-state index in [4.69, 9.17) is 28.4 Å². The Morgan fingerprint density at radius 1 is 0.627 bits per heavy atom. The summed E-state index contributed by atoms with van der Waals surface area (Å²) in [6, 6.07) is 0. The smallest absolute Gasteiger partial charge is 0.187 e. The molecule has 3 aliphatic heterocycles. The molecule has 19 nitrogen and oxygen atoms in total. The molecule has 0 bridgehead atoms. The quantitative estimate of drug-likeness (QED) is 0.0773. The summed E-state index contributed by atoms with van der Waals surface area (Å²) < 4.78 is 37.0. The van der Waals surface area contributed by atoms with Crippen molar-refractivity contribution in [3.05, 3.63) is 11.6 Å². The van der Waals surface area contributed by atoms with E-state index in [0.29, 0.717) is 51.4 Å². The van der Waals surface area contributed by atoms with Crippen LogP contribution in [0.25, 0.3) is 0 Å². The Morgan fingerprint density at radius 3 is 1.73 bits per heavy atom. The number of rotatable bonds is 13. The van der Waals surface area contributed by atoms with Gasteiger partial charge >= 0.3 is 0 Å². The van der Waals surface area contributed by atoms with Crippen LogP contribution in [0, 0.1) is 45.3 Å².